The molecular formula is C11H10F3NO3S. The molecule has 0 atom stereocenters. The highest BCUT2D eigenvalue weighted by Gasteiger charge is 2.48. The summed E-state index contributed by atoms with van der Waals surface area (Å²) in [6, 6.07) is 4.40. The second kappa shape index (κ2) is 5.09. The largest absolute Gasteiger partial charge is 0.534 e. The van der Waals surface area contributed by atoms with E-state index < -0.39 is 15.6 Å². The van der Waals surface area contributed by atoms with Gasteiger partial charge in [0, 0.05) is 0 Å². The van der Waals surface area contributed by atoms with Gasteiger partial charge in [-0.2, -0.15) is 26.9 Å². The van der Waals surface area contributed by atoms with Gasteiger partial charge in [0.15, 0.2) is 0 Å². The van der Waals surface area contributed by atoms with E-state index in [0.29, 0.717) is 0 Å². The van der Waals surface area contributed by atoms with E-state index in [1.54, 1.807) is 6.92 Å². The zero-order valence-electron chi connectivity index (χ0n) is 10.1. The molecule has 8 heteroatoms. The van der Waals surface area contributed by atoms with E-state index in [9.17, 15) is 21.6 Å². The Morgan fingerprint density at radius 1 is 1.37 bits per heavy atom. The second-order valence-corrected chi connectivity index (χ2v) is 5.27. The number of rotatable bonds is 3. The molecule has 0 aliphatic carbocycles. The first-order chi connectivity index (χ1) is 8.62. The number of nitrogens with zero attached hydrogens (tertiary/aromatic N) is 1. The Morgan fingerprint density at radius 2 is 1.95 bits per heavy atom. The summed E-state index contributed by atoms with van der Waals surface area (Å²) < 4.78 is 62.9. The normalized spacial score (nSPS) is 12.0. The molecule has 0 N–H and O–H groups in total. The van der Waals surface area contributed by atoms with Crippen LogP contribution >= 0.6 is 0 Å². The van der Waals surface area contributed by atoms with Crippen molar-refractivity contribution in [3.63, 3.8) is 0 Å². The van der Waals surface area contributed by atoms with Crippen LogP contribution in [0.5, 0.6) is 5.75 Å². The van der Waals surface area contributed by atoms with Crippen molar-refractivity contribution >= 4 is 10.1 Å². The summed E-state index contributed by atoms with van der Waals surface area (Å²) >= 11 is 0. The molecule has 0 aliphatic rings. The number of nitriles is 1. The molecule has 0 heterocycles. The molecule has 0 bridgehead atoms. The van der Waals surface area contributed by atoms with Crippen molar-refractivity contribution in [1.29, 1.82) is 5.26 Å². The summed E-state index contributed by atoms with van der Waals surface area (Å²) in [6.07, 6.45) is 0.235. The molecule has 1 rings (SSSR count). The molecule has 0 radical (unpaired) electrons. The van der Waals surface area contributed by atoms with Crippen molar-refractivity contribution in [1.82, 2.24) is 0 Å². The van der Waals surface area contributed by atoms with Crippen LogP contribution in [-0.4, -0.2) is 13.9 Å². The Kier molecular flexibility index (Phi) is 4.10. The number of halogens is 3. The van der Waals surface area contributed by atoms with Gasteiger partial charge >= 0.3 is 15.6 Å². The Bertz CT molecular complexity index is 630. The molecular weight excluding hydrogens is 283 g/mol. The van der Waals surface area contributed by atoms with Gasteiger partial charge in [-0.3, -0.25) is 0 Å². The predicted molar refractivity (Wildman–Crippen MR) is 60.9 cm³/mol. The number of alkyl halides is 3. The van der Waals surface area contributed by atoms with Gasteiger partial charge in [-0.05, 0) is 36.6 Å². The third kappa shape index (κ3) is 3.17. The minimum atomic E-state index is -5.71. The smallest absolute Gasteiger partial charge is 0.375 e. The Morgan fingerprint density at radius 3 is 2.37 bits per heavy atom. The van der Waals surface area contributed by atoms with Crippen molar-refractivity contribution in [2.24, 2.45) is 0 Å². The zero-order chi connectivity index (χ0) is 14.8. The van der Waals surface area contributed by atoms with Crippen molar-refractivity contribution < 1.29 is 25.8 Å². The third-order valence-electron chi connectivity index (χ3n) is 2.34. The van der Waals surface area contributed by atoms with Crippen molar-refractivity contribution in [2.45, 2.75) is 25.8 Å². The van der Waals surface area contributed by atoms with Crippen LogP contribution in [0, 0.1) is 18.3 Å². The van der Waals surface area contributed by atoms with Crippen molar-refractivity contribution in [3.05, 3.63) is 28.8 Å². The van der Waals surface area contributed by atoms with Crippen molar-refractivity contribution in [3.8, 4) is 11.8 Å². The van der Waals surface area contributed by atoms with Crippen LogP contribution in [0.25, 0.3) is 0 Å². The molecule has 0 fully saturated rings. The van der Waals surface area contributed by atoms with Crippen LogP contribution in [-0.2, 0) is 16.5 Å². The summed E-state index contributed by atoms with van der Waals surface area (Å²) in [5.41, 5.74) is -4.88. The minimum Gasteiger partial charge on any atom is -0.375 e. The minimum absolute atomic E-state index is 0.156. The lowest BCUT2D eigenvalue weighted by Crippen LogP contribution is -2.28. The summed E-state index contributed by atoms with van der Waals surface area (Å²) in [6.45, 7) is 2.99. The van der Waals surface area contributed by atoms with Gasteiger partial charge in [0.25, 0.3) is 0 Å². The van der Waals surface area contributed by atoms with E-state index in [0.717, 1.165) is 0 Å². The van der Waals surface area contributed by atoms with E-state index in [-0.39, 0.29) is 28.9 Å². The lowest BCUT2D eigenvalue weighted by atomic mass is 10.0. The first-order valence-corrected chi connectivity index (χ1v) is 6.57. The van der Waals surface area contributed by atoms with E-state index in [2.05, 4.69) is 4.18 Å². The zero-order valence-corrected chi connectivity index (χ0v) is 10.9. The molecule has 0 amide bonds. The molecule has 104 valence electrons. The average Bonchev–Trinajstić information content (AvgIpc) is 2.29. The maximum Gasteiger partial charge on any atom is 0.534 e. The Labute approximate surface area is 108 Å². The monoisotopic (exact) mass is 293 g/mol. The summed E-state index contributed by atoms with van der Waals surface area (Å²) in [4.78, 5) is 0. The van der Waals surface area contributed by atoms with Crippen LogP contribution in [0.2, 0.25) is 0 Å². The highest BCUT2D eigenvalue weighted by molar-refractivity contribution is 7.88. The fourth-order valence-electron chi connectivity index (χ4n) is 1.45. The summed E-state index contributed by atoms with van der Waals surface area (Å²) in [5, 5.41) is 8.75. The van der Waals surface area contributed by atoms with Crippen LogP contribution in [0.15, 0.2) is 12.1 Å². The Hall–Kier alpha value is -1.75. The molecule has 0 saturated carbocycles. The topological polar surface area (TPSA) is 67.2 Å². The lowest BCUT2D eigenvalue weighted by molar-refractivity contribution is -0.0500. The van der Waals surface area contributed by atoms with Crippen LogP contribution in [0.3, 0.4) is 0 Å². The number of aryl methyl sites for hydroxylation is 2. The molecule has 0 spiro atoms. The van der Waals surface area contributed by atoms with Gasteiger partial charge in [0.2, 0.25) is 0 Å². The quantitative estimate of drug-likeness (QED) is 0.634. The highest BCUT2D eigenvalue weighted by Crippen LogP contribution is 2.32. The Balaban J connectivity index is 3.34. The third-order valence-corrected chi connectivity index (χ3v) is 3.29. The van der Waals surface area contributed by atoms with Gasteiger partial charge in [-0.25, -0.2) is 0 Å². The van der Waals surface area contributed by atoms with Crippen molar-refractivity contribution in [2.75, 3.05) is 0 Å². The van der Waals surface area contributed by atoms with Crippen LogP contribution in [0.1, 0.15) is 23.6 Å². The number of hydrogen-bond acceptors (Lipinski definition) is 4. The molecule has 0 saturated heterocycles. The predicted octanol–water partition coefficient (Wildman–Crippen LogP) is 2.66. The molecule has 19 heavy (non-hydrogen) atoms. The van der Waals surface area contributed by atoms with Gasteiger partial charge in [0.1, 0.15) is 5.75 Å². The second-order valence-electron chi connectivity index (χ2n) is 3.73. The first-order valence-electron chi connectivity index (χ1n) is 5.16. The lowest BCUT2D eigenvalue weighted by Gasteiger charge is -2.14. The first kappa shape index (κ1) is 15.3. The fraction of sp³-hybridized carbons (Fsp3) is 0.364. The van der Waals surface area contributed by atoms with E-state index >= 15 is 0 Å². The molecule has 4 nitrogen and oxygen atoms in total. The van der Waals surface area contributed by atoms with Crippen LogP contribution in [0.4, 0.5) is 13.2 Å². The maximum absolute atomic E-state index is 12.3. The van der Waals surface area contributed by atoms with E-state index in [4.69, 9.17) is 5.26 Å². The standard InChI is InChI=1S/C11H10F3NO3S/c1-3-9-5-8(6-15)4-7(2)10(9)18-19(16,17)11(12,13)14/h4-5H,3H2,1-2H3. The van der Waals surface area contributed by atoms with Gasteiger partial charge in [-0.15, -0.1) is 0 Å². The highest BCUT2D eigenvalue weighted by atomic mass is 32.2. The van der Waals surface area contributed by atoms with E-state index in [1.807, 2.05) is 6.07 Å². The SMILES string of the molecule is CCc1cc(C#N)cc(C)c1OS(=O)(=O)C(F)(F)F. The van der Waals surface area contributed by atoms with Gasteiger partial charge in [0.05, 0.1) is 11.6 Å². The fourth-order valence-corrected chi connectivity index (χ4v) is 2.00. The van der Waals surface area contributed by atoms with E-state index in [1.165, 1.54) is 19.1 Å². The average molecular weight is 293 g/mol. The molecule has 0 aliphatic heterocycles. The molecule has 0 aromatic heterocycles. The summed E-state index contributed by atoms with van der Waals surface area (Å²) in [7, 11) is -5.71. The molecule has 1 aromatic carbocycles. The summed E-state index contributed by atoms with van der Waals surface area (Å²) in [5.74, 6) is -0.376. The number of hydrogen-bond donors (Lipinski definition) is 0. The maximum atomic E-state index is 12.3. The molecule has 1 aromatic rings. The van der Waals surface area contributed by atoms with Crippen LogP contribution < -0.4 is 4.18 Å². The molecule has 0 unspecified atom stereocenters. The van der Waals surface area contributed by atoms with Gasteiger partial charge in [-0.1, -0.05) is 6.92 Å². The van der Waals surface area contributed by atoms with Gasteiger partial charge < -0.3 is 4.18 Å². The number of benzene rings is 1.